The number of nitrogens with zero attached hydrogens (tertiary/aromatic N) is 2. The minimum Gasteiger partial charge on any atom is -0.508 e. The third kappa shape index (κ3) is 21.5. The molecule has 1 fully saturated rings. The van der Waals surface area contributed by atoms with E-state index in [4.69, 9.17) is 11.5 Å². The van der Waals surface area contributed by atoms with Crippen molar-refractivity contribution in [3.63, 3.8) is 0 Å². The molecule has 0 unspecified atom stereocenters. The second-order valence-corrected chi connectivity index (χ2v) is 28.1. The summed E-state index contributed by atoms with van der Waals surface area (Å²) in [6, 6.07) is 8.80. The molecule has 28 nitrogen and oxygen atoms in total. The molecule has 1 saturated heterocycles. The summed E-state index contributed by atoms with van der Waals surface area (Å²) >= 11 is 4.17. The average Bonchev–Trinajstić information content (AvgIpc) is 1.63. The number of amides is 10. The molecular formula is C69H81F2N15O13S3. The Morgan fingerprint density at radius 2 is 1.24 bits per heavy atom. The van der Waals surface area contributed by atoms with E-state index in [1.807, 2.05) is 24.3 Å². The van der Waals surface area contributed by atoms with E-state index >= 15 is 19.2 Å². The highest BCUT2D eigenvalue weighted by Gasteiger charge is 2.44. The van der Waals surface area contributed by atoms with Crippen LogP contribution in [0.4, 0.5) is 8.78 Å². The summed E-state index contributed by atoms with van der Waals surface area (Å²) in [7, 11) is 0. The van der Waals surface area contributed by atoms with Gasteiger partial charge in [0.2, 0.25) is 59.1 Å². The molecular weight excluding hydrogens is 1380 g/mol. The van der Waals surface area contributed by atoms with Gasteiger partial charge in [-0.15, -0.1) is 0 Å². The van der Waals surface area contributed by atoms with E-state index in [0.717, 1.165) is 17.2 Å². The molecule has 0 aliphatic carbocycles. The van der Waals surface area contributed by atoms with Crippen LogP contribution in [-0.2, 0) is 89.9 Å². The van der Waals surface area contributed by atoms with Crippen molar-refractivity contribution < 1.29 is 71.7 Å². The Kier molecular flexibility index (Phi) is 27.3. The number of rotatable bonds is 16. The fourth-order valence-corrected chi connectivity index (χ4v) is 14.6. The normalized spacial score (nSPS) is 22.6. The van der Waals surface area contributed by atoms with Crippen molar-refractivity contribution in [2.75, 3.05) is 37.4 Å². The molecule has 4 aromatic carbocycles. The summed E-state index contributed by atoms with van der Waals surface area (Å²) in [5, 5.41) is 41.9. The van der Waals surface area contributed by atoms with E-state index in [0.29, 0.717) is 64.2 Å². The number of phenols is 1. The maximum atomic E-state index is 15.3. The molecule has 7 aromatic rings. The molecule has 102 heavy (non-hydrogen) atoms. The number of aromatic nitrogens is 4. The topological polar surface area (TPSA) is 440 Å². The Balaban J connectivity index is 1.06. The van der Waals surface area contributed by atoms with Crippen LogP contribution in [0.15, 0.2) is 110 Å². The number of imidazole rings is 1. The average molecular weight is 1460 g/mol. The van der Waals surface area contributed by atoms with Gasteiger partial charge < -0.3 is 84.1 Å². The standard InChI is InChI=1S/C69H81F2N15O13S3/c1-100-46-26-58-68(98)85-57(62(73)92)35-102-34-39-6-4-5-38(19-39)33-101-18-16-59(88)79-51(7-2-3-17-72)63(93)77-31-60(89)80-52(21-40-28-75-49-14-10-42(70)23-47(40)49)64(94)81-53(22-41-29-76-50-15-11-43(71)24-48(41)50)65(95)83-55(27-61(90)91)67(97)82-54(25-44-30-74-36-78-44)66(96)84-56(69(99)86(58)32-46)20-37-8-12-45(87)13-9-37/h4-6,8-15,19,23-24,28-30,36,46,51-58,75-76,87H,2-3,7,16-18,20-22,25-27,31-35,72H2,1H3,(H2,73,92)(H,74,78)(H,77,93)(H,79,88)(H,80,89)(H,81,94)(H,82,97)(H,83,95)(H,84,96)(H,85,98)(H,90,91)/t46-,51-,52-,53-,54-,55-,56-,57-,58-/m0/s1. The molecule has 542 valence electrons. The highest BCUT2D eigenvalue weighted by atomic mass is 32.2. The van der Waals surface area contributed by atoms with Gasteiger partial charge in [0.15, 0.2) is 0 Å². The number of primary amides is 1. The van der Waals surface area contributed by atoms with Crippen LogP contribution >= 0.6 is 35.3 Å². The number of unbranched alkanes of at least 4 members (excludes halogenated alkanes) is 1. The number of aliphatic carboxylic acids is 1. The molecule has 5 heterocycles. The first-order chi connectivity index (χ1) is 49.0. The SMILES string of the molecule is CS[C@H]1C[C@H]2C(=O)N[C@H](C(N)=O)CSCc3cccc(c3)CSCCC(=O)N[C@@H](CCCCN)C(=O)NCC(=O)N[C@@H](Cc3c[nH]c4ccc(F)cc34)C(=O)N[C@@H](Cc3c[nH]c4ccc(F)cc34)C(=O)N[C@@H](CC(=O)O)C(=O)N[C@@H](Cc3cnc[nH]3)C(=O)N[C@@H](Cc3ccc(O)cc3)C(=O)N2C1. The Hall–Kier alpha value is -9.99. The number of aromatic hydroxyl groups is 1. The summed E-state index contributed by atoms with van der Waals surface area (Å²) in [6.45, 7) is -0.438. The van der Waals surface area contributed by atoms with E-state index in [1.54, 1.807) is 6.26 Å². The number of benzene rings is 4. The Morgan fingerprint density at radius 3 is 1.83 bits per heavy atom. The number of nitrogens with one attached hydrogen (secondary N) is 11. The number of carbonyl (C=O) groups is 11. The molecule has 9 rings (SSSR count). The Labute approximate surface area is 597 Å². The van der Waals surface area contributed by atoms with Gasteiger partial charge in [0.1, 0.15) is 65.7 Å². The second kappa shape index (κ2) is 36.6. The largest absolute Gasteiger partial charge is 0.508 e. The maximum Gasteiger partial charge on any atom is 0.305 e. The third-order valence-corrected chi connectivity index (χ3v) is 20.5. The zero-order chi connectivity index (χ0) is 73.0. The molecule has 9 atom stereocenters. The van der Waals surface area contributed by atoms with Crippen LogP contribution in [0.5, 0.6) is 5.75 Å². The summed E-state index contributed by atoms with van der Waals surface area (Å²) < 4.78 is 29.8. The Bertz CT molecular complexity index is 4160. The van der Waals surface area contributed by atoms with Gasteiger partial charge in [-0.1, -0.05) is 36.4 Å². The Morgan fingerprint density at radius 1 is 0.647 bits per heavy atom. The van der Waals surface area contributed by atoms with E-state index < -0.39 is 144 Å². The van der Waals surface area contributed by atoms with Gasteiger partial charge >= 0.3 is 5.97 Å². The first kappa shape index (κ1) is 76.2. The van der Waals surface area contributed by atoms with Crippen LogP contribution in [0.3, 0.4) is 0 Å². The van der Waals surface area contributed by atoms with Crippen molar-refractivity contribution >= 4 is 122 Å². The molecule has 0 radical (unpaired) electrons. The lowest BCUT2D eigenvalue weighted by molar-refractivity contribution is -0.143. The molecule has 2 bridgehead atoms. The molecule has 17 N–H and O–H groups in total. The number of carbonyl (C=O) groups excluding carboxylic acids is 10. The number of fused-ring (bicyclic) bond motifs is 5. The van der Waals surface area contributed by atoms with Crippen LogP contribution in [-0.4, -0.2) is 191 Å². The van der Waals surface area contributed by atoms with Crippen LogP contribution in [0.2, 0.25) is 0 Å². The zero-order valence-electron chi connectivity index (χ0n) is 55.5. The van der Waals surface area contributed by atoms with Gasteiger partial charge in [-0.2, -0.15) is 35.3 Å². The van der Waals surface area contributed by atoms with E-state index in [1.165, 1.54) is 120 Å². The van der Waals surface area contributed by atoms with E-state index in [2.05, 4.69) is 62.5 Å². The van der Waals surface area contributed by atoms with E-state index in [9.17, 15) is 52.6 Å². The lowest BCUT2D eigenvalue weighted by Gasteiger charge is -2.31. The number of carboxylic acid groups (broad SMARTS) is 1. The van der Waals surface area contributed by atoms with Crippen molar-refractivity contribution in [2.24, 2.45) is 11.5 Å². The highest BCUT2D eigenvalue weighted by molar-refractivity contribution is 7.99. The van der Waals surface area contributed by atoms with Gasteiger partial charge in [-0.25, -0.2) is 13.8 Å². The van der Waals surface area contributed by atoms with Crippen LogP contribution < -0.4 is 54.0 Å². The predicted octanol–water partition coefficient (Wildman–Crippen LogP) is 2.13. The fraction of sp³-hybridized carbons (Fsp3) is 0.391. The molecule has 10 amide bonds. The van der Waals surface area contributed by atoms with Crippen LogP contribution in [0, 0.1) is 11.6 Å². The number of carboxylic acids is 1. The molecule has 0 spiro atoms. The van der Waals surface area contributed by atoms with Gasteiger partial charge in [0, 0.05) is 113 Å². The quantitative estimate of drug-likeness (QED) is 0.0616. The lowest BCUT2D eigenvalue weighted by atomic mass is 10.0. The van der Waals surface area contributed by atoms with Gasteiger partial charge in [0.05, 0.1) is 19.3 Å². The minimum atomic E-state index is -2.05. The number of phenolic OH excluding ortho intramolecular Hbond substituents is 1. The van der Waals surface area contributed by atoms with Crippen molar-refractivity contribution in [2.45, 2.75) is 129 Å². The predicted molar refractivity (Wildman–Crippen MR) is 380 cm³/mol. The number of halogens is 2. The first-order valence-electron chi connectivity index (χ1n) is 32.9. The van der Waals surface area contributed by atoms with Crippen molar-refractivity contribution in [1.29, 1.82) is 0 Å². The van der Waals surface area contributed by atoms with Crippen LogP contribution in [0.25, 0.3) is 21.8 Å². The summed E-state index contributed by atoms with van der Waals surface area (Å²) in [5.41, 5.74) is 15.6. The van der Waals surface area contributed by atoms with Crippen LogP contribution in [0.1, 0.15) is 72.0 Å². The number of hydrogen-bond donors (Lipinski definition) is 15. The highest BCUT2D eigenvalue weighted by Crippen LogP contribution is 2.29. The van der Waals surface area contributed by atoms with Gasteiger partial charge in [0.25, 0.3) is 0 Å². The minimum absolute atomic E-state index is 0.00849. The second-order valence-electron chi connectivity index (χ2n) is 24.9. The number of hydrogen-bond acceptors (Lipinski definition) is 17. The number of aromatic amines is 3. The number of nitrogens with two attached hydrogens (primary N) is 2. The molecule has 3 aromatic heterocycles. The summed E-state index contributed by atoms with van der Waals surface area (Å²) in [6.07, 6.45) is 5.93. The molecule has 0 saturated carbocycles. The van der Waals surface area contributed by atoms with E-state index in [-0.39, 0.29) is 78.5 Å². The third-order valence-electron chi connectivity index (χ3n) is 17.4. The van der Waals surface area contributed by atoms with Crippen molar-refractivity contribution in [3.05, 3.63) is 155 Å². The molecule has 2 aliphatic rings. The number of H-pyrrole nitrogens is 3. The summed E-state index contributed by atoms with van der Waals surface area (Å²) in [5.74, 6) is -10.7. The maximum absolute atomic E-state index is 15.3. The fourth-order valence-electron chi connectivity index (χ4n) is 12.0. The van der Waals surface area contributed by atoms with Gasteiger partial charge in [-0.05, 0) is 115 Å². The number of thioether (sulfide) groups is 3. The smallest absolute Gasteiger partial charge is 0.305 e. The van der Waals surface area contributed by atoms with Crippen molar-refractivity contribution in [3.8, 4) is 5.75 Å². The zero-order valence-corrected chi connectivity index (χ0v) is 58.0. The lowest BCUT2D eigenvalue weighted by Crippen LogP contribution is -2.61. The van der Waals surface area contributed by atoms with Crippen molar-refractivity contribution in [1.82, 2.24) is 67.4 Å². The molecule has 2 aliphatic heterocycles. The van der Waals surface area contributed by atoms with Gasteiger partial charge in [-0.3, -0.25) is 52.7 Å². The summed E-state index contributed by atoms with van der Waals surface area (Å²) in [4.78, 5) is 171. The monoisotopic (exact) mass is 1460 g/mol. The molecule has 33 heteroatoms. The first-order valence-corrected chi connectivity index (χ1v) is 36.5.